The minimum absolute atomic E-state index is 0. The Morgan fingerprint density at radius 1 is 1.30 bits per heavy atom. The van der Waals surface area contributed by atoms with E-state index in [1.165, 1.54) is 6.92 Å². The molecule has 1 unspecified atom stereocenters. The molecule has 5 nitrogen and oxygen atoms in total. The Kier molecular flexibility index (Phi) is 8.59. The summed E-state index contributed by atoms with van der Waals surface area (Å²) >= 11 is 0. The number of rotatable bonds is 7. The van der Waals surface area contributed by atoms with E-state index in [1.54, 1.807) is 31.2 Å². The lowest BCUT2D eigenvalue weighted by Gasteiger charge is -2.15. The van der Waals surface area contributed by atoms with Crippen LogP contribution >= 0.6 is 12.4 Å². The molecule has 0 aliphatic heterocycles. The number of ketones is 1. The van der Waals surface area contributed by atoms with Crippen LogP contribution in [-0.2, 0) is 4.79 Å². The third-order valence-electron chi connectivity index (χ3n) is 2.60. The first-order chi connectivity index (χ1) is 9.04. The van der Waals surface area contributed by atoms with Crippen molar-refractivity contribution in [3.05, 3.63) is 29.8 Å². The van der Waals surface area contributed by atoms with Crippen LogP contribution in [-0.4, -0.2) is 37.9 Å². The van der Waals surface area contributed by atoms with E-state index in [0.29, 0.717) is 24.4 Å². The van der Waals surface area contributed by atoms with Crippen molar-refractivity contribution < 1.29 is 14.3 Å². The Morgan fingerprint density at radius 3 is 2.60 bits per heavy atom. The van der Waals surface area contributed by atoms with Crippen molar-refractivity contribution in [2.75, 3.05) is 20.1 Å². The number of carbonyl (C=O) groups excluding carboxylic acids is 2. The fourth-order valence-electron chi connectivity index (χ4n) is 1.50. The molecule has 1 aromatic carbocycles. The van der Waals surface area contributed by atoms with Gasteiger partial charge in [0.05, 0.1) is 0 Å². The Bertz CT molecular complexity index is 452. The van der Waals surface area contributed by atoms with Crippen molar-refractivity contribution in [1.82, 2.24) is 10.6 Å². The van der Waals surface area contributed by atoms with E-state index >= 15 is 0 Å². The second kappa shape index (κ2) is 9.34. The van der Waals surface area contributed by atoms with Crippen LogP contribution in [0.2, 0.25) is 0 Å². The van der Waals surface area contributed by atoms with Crippen LogP contribution < -0.4 is 15.4 Å². The number of hydrogen-bond donors (Lipinski definition) is 2. The highest BCUT2D eigenvalue weighted by molar-refractivity contribution is 5.94. The zero-order chi connectivity index (χ0) is 14.3. The molecule has 2 N–H and O–H groups in total. The molecule has 0 saturated carbocycles. The van der Waals surface area contributed by atoms with E-state index in [1.807, 2.05) is 7.05 Å². The molecule has 0 aliphatic carbocycles. The van der Waals surface area contributed by atoms with Crippen LogP contribution in [0, 0.1) is 0 Å². The average Bonchev–Trinajstić information content (AvgIpc) is 2.39. The molecule has 112 valence electrons. The number of halogens is 1. The Morgan fingerprint density at radius 2 is 2.00 bits per heavy atom. The molecule has 0 aromatic heterocycles. The lowest BCUT2D eigenvalue weighted by Crippen LogP contribution is -2.39. The molecule has 0 aliphatic rings. The number of nitrogens with one attached hydrogen (secondary N) is 2. The number of Topliss-reactive ketones (excluding diaryl/α,β-unsaturated/α-hetero) is 1. The van der Waals surface area contributed by atoms with Gasteiger partial charge in [0.2, 0.25) is 0 Å². The van der Waals surface area contributed by atoms with Crippen molar-refractivity contribution in [1.29, 1.82) is 0 Å². The van der Waals surface area contributed by atoms with Gasteiger partial charge in [-0.3, -0.25) is 9.59 Å². The molecule has 0 spiro atoms. The Labute approximate surface area is 125 Å². The van der Waals surface area contributed by atoms with E-state index in [2.05, 4.69) is 10.6 Å². The van der Waals surface area contributed by atoms with Gasteiger partial charge in [0, 0.05) is 18.7 Å². The summed E-state index contributed by atoms with van der Waals surface area (Å²) in [6.07, 6.45) is -0.598. The smallest absolute Gasteiger partial charge is 0.260 e. The van der Waals surface area contributed by atoms with Crippen molar-refractivity contribution in [2.45, 2.75) is 20.0 Å². The van der Waals surface area contributed by atoms with Crippen LogP contribution in [0.15, 0.2) is 24.3 Å². The van der Waals surface area contributed by atoms with Gasteiger partial charge in [0.1, 0.15) is 5.75 Å². The molecule has 1 amide bonds. The number of carbonyl (C=O) groups is 2. The summed E-state index contributed by atoms with van der Waals surface area (Å²) in [5.74, 6) is 0.309. The van der Waals surface area contributed by atoms with Crippen molar-refractivity contribution in [2.24, 2.45) is 0 Å². The molecule has 0 bridgehead atoms. The molecular formula is C14H21ClN2O3. The summed E-state index contributed by atoms with van der Waals surface area (Å²) in [6, 6.07) is 6.81. The number of hydrogen-bond acceptors (Lipinski definition) is 4. The van der Waals surface area contributed by atoms with Gasteiger partial charge in [-0.25, -0.2) is 0 Å². The summed E-state index contributed by atoms with van der Waals surface area (Å²) < 4.78 is 5.51. The molecule has 0 heterocycles. The van der Waals surface area contributed by atoms with Crippen LogP contribution in [0.3, 0.4) is 0 Å². The lowest BCUT2D eigenvalue weighted by atomic mass is 10.1. The second-order valence-electron chi connectivity index (χ2n) is 4.24. The van der Waals surface area contributed by atoms with E-state index in [9.17, 15) is 9.59 Å². The minimum Gasteiger partial charge on any atom is -0.481 e. The molecule has 1 atom stereocenters. The SMILES string of the molecule is CNCCNC(=O)C(C)Oc1cccc(C(C)=O)c1.Cl. The van der Waals surface area contributed by atoms with Crippen LogP contribution in [0.4, 0.5) is 0 Å². The van der Waals surface area contributed by atoms with Gasteiger partial charge in [-0.15, -0.1) is 12.4 Å². The first-order valence-electron chi connectivity index (χ1n) is 6.24. The third-order valence-corrected chi connectivity index (χ3v) is 2.60. The molecule has 0 fully saturated rings. The molecule has 1 aromatic rings. The van der Waals surface area contributed by atoms with Crippen LogP contribution in [0.1, 0.15) is 24.2 Å². The van der Waals surface area contributed by atoms with Crippen molar-refractivity contribution in [3.8, 4) is 5.75 Å². The highest BCUT2D eigenvalue weighted by atomic mass is 35.5. The zero-order valence-corrected chi connectivity index (χ0v) is 12.8. The lowest BCUT2D eigenvalue weighted by molar-refractivity contribution is -0.127. The number of benzene rings is 1. The molecule has 1 rings (SSSR count). The molecule has 0 saturated heterocycles. The maximum Gasteiger partial charge on any atom is 0.260 e. The molecule has 20 heavy (non-hydrogen) atoms. The first kappa shape index (κ1) is 18.4. The molecule has 0 radical (unpaired) electrons. The zero-order valence-electron chi connectivity index (χ0n) is 11.9. The van der Waals surface area contributed by atoms with Gasteiger partial charge in [-0.2, -0.15) is 0 Å². The highest BCUT2D eigenvalue weighted by Gasteiger charge is 2.14. The van der Waals surface area contributed by atoms with E-state index < -0.39 is 6.10 Å². The summed E-state index contributed by atoms with van der Waals surface area (Å²) in [4.78, 5) is 23.0. The van der Waals surface area contributed by atoms with Crippen LogP contribution in [0.25, 0.3) is 0 Å². The third kappa shape index (κ3) is 6.04. The summed E-state index contributed by atoms with van der Waals surface area (Å²) in [5.41, 5.74) is 0.570. The van der Waals surface area contributed by atoms with Gasteiger partial charge >= 0.3 is 0 Å². The minimum atomic E-state index is -0.598. The number of ether oxygens (including phenoxy) is 1. The van der Waals surface area contributed by atoms with E-state index in [-0.39, 0.29) is 24.1 Å². The molecular weight excluding hydrogens is 280 g/mol. The van der Waals surface area contributed by atoms with Gasteiger partial charge < -0.3 is 15.4 Å². The monoisotopic (exact) mass is 300 g/mol. The summed E-state index contributed by atoms with van der Waals surface area (Å²) in [5, 5.41) is 5.69. The van der Waals surface area contributed by atoms with E-state index in [0.717, 1.165) is 0 Å². The van der Waals surface area contributed by atoms with E-state index in [4.69, 9.17) is 4.74 Å². The normalized spacial score (nSPS) is 11.2. The highest BCUT2D eigenvalue weighted by Crippen LogP contribution is 2.15. The van der Waals surface area contributed by atoms with Gasteiger partial charge in [-0.1, -0.05) is 12.1 Å². The van der Waals surface area contributed by atoms with Crippen LogP contribution in [0.5, 0.6) is 5.75 Å². The predicted octanol–water partition coefficient (Wildman–Crippen LogP) is 1.41. The molecule has 6 heteroatoms. The predicted molar refractivity (Wildman–Crippen MR) is 80.7 cm³/mol. The average molecular weight is 301 g/mol. The largest absolute Gasteiger partial charge is 0.481 e. The Hall–Kier alpha value is -1.59. The second-order valence-corrected chi connectivity index (χ2v) is 4.24. The van der Waals surface area contributed by atoms with Crippen molar-refractivity contribution >= 4 is 24.1 Å². The number of likely N-dealkylation sites (N-methyl/N-ethyl adjacent to an activating group) is 1. The maximum absolute atomic E-state index is 11.7. The van der Waals surface area contributed by atoms with Gasteiger partial charge in [-0.05, 0) is 33.0 Å². The number of amides is 1. The van der Waals surface area contributed by atoms with Gasteiger partial charge in [0.25, 0.3) is 5.91 Å². The fourth-order valence-corrected chi connectivity index (χ4v) is 1.50. The van der Waals surface area contributed by atoms with Gasteiger partial charge in [0.15, 0.2) is 11.9 Å². The fraction of sp³-hybridized carbons (Fsp3) is 0.429. The standard InChI is InChI=1S/C14H20N2O3.ClH/c1-10(17)12-5-4-6-13(9-12)19-11(2)14(18)16-8-7-15-3;/h4-6,9,11,15H,7-8H2,1-3H3,(H,16,18);1H. The Balaban J connectivity index is 0.00000361. The quantitative estimate of drug-likeness (QED) is 0.590. The topological polar surface area (TPSA) is 67.4 Å². The van der Waals surface area contributed by atoms with Crippen molar-refractivity contribution in [3.63, 3.8) is 0 Å². The summed E-state index contributed by atoms with van der Waals surface area (Å²) in [6.45, 7) is 4.43. The maximum atomic E-state index is 11.7. The first-order valence-corrected chi connectivity index (χ1v) is 6.24. The summed E-state index contributed by atoms with van der Waals surface area (Å²) in [7, 11) is 1.82.